The van der Waals surface area contributed by atoms with Gasteiger partial charge in [0, 0.05) is 36.5 Å². The fourth-order valence-corrected chi connectivity index (χ4v) is 2.40. The van der Waals surface area contributed by atoms with Crippen molar-refractivity contribution in [3.05, 3.63) is 40.3 Å². The Bertz CT molecular complexity index is 578. The normalized spacial score (nSPS) is 17.6. The second-order valence-corrected chi connectivity index (χ2v) is 5.05. The van der Waals surface area contributed by atoms with Crippen molar-refractivity contribution in [2.24, 2.45) is 11.0 Å². The number of azide groups is 1. The van der Waals surface area contributed by atoms with Crippen molar-refractivity contribution in [3.8, 4) is 0 Å². The Morgan fingerprint density at radius 2 is 2.14 bits per heavy atom. The number of aryl methyl sites for hydroxylation is 1. The zero-order valence-corrected chi connectivity index (χ0v) is 11.5. The highest BCUT2D eigenvalue weighted by molar-refractivity contribution is 5.95. The molecule has 0 aromatic heterocycles. The van der Waals surface area contributed by atoms with Crippen molar-refractivity contribution in [3.63, 3.8) is 0 Å². The molecule has 2 rings (SSSR count). The molecule has 7 heteroatoms. The van der Waals surface area contributed by atoms with Gasteiger partial charge in [0.1, 0.15) is 0 Å². The number of hydrogen-bond acceptors (Lipinski definition) is 3. The molecule has 1 aliphatic heterocycles. The molecule has 1 fully saturated rings. The summed E-state index contributed by atoms with van der Waals surface area (Å²) in [6, 6.07) is 7.33. The number of anilines is 1. The predicted octanol–water partition coefficient (Wildman–Crippen LogP) is 2.37. The lowest BCUT2D eigenvalue weighted by atomic mass is 10.1. The van der Waals surface area contributed by atoms with Crippen molar-refractivity contribution < 1.29 is 14.7 Å². The quantitative estimate of drug-likeness (QED) is 0.493. The summed E-state index contributed by atoms with van der Waals surface area (Å²) < 4.78 is 0. The molecule has 1 N–H and O–H groups in total. The van der Waals surface area contributed by atoms with Gasteiger partial charge in [-0.25, -0.2) is 0 Å². The predicted molar refractivity (Wildman–Crippen MR) is 76.9 cm³/mol. The van der Waals surface area contributed by atoms with Crippen LogP contribution in [-0.2, 0) is 16.0 Å². The highest BCUT2D eigenvalue weighted by Gasteiger charge is 2.29. The number of hydrogen-bond donors (Lipinski definition) is 1. The zero-order valence-electron chi connectivity index (χ0n) is 11.5. The minimum Gasteiger partial charge on any atom is -0.481 e. The molecule has 0 aliphatic carbocycles. The van der Waals surface area contributed by atoms with Crippen LogP contribution in [0.1, 0.15) is 18.4 Å². The Hall–Kier alpha value is -2.53. The van der Waals surface area contributed by atoms with E-state index in [9.17, 15) is 9.59 Å². The number of rotatable bonds is 6. The molecule has 1 aromatic rings. The maximum Gasteiger partial charge on any atom is 0.303 e. The van der Waals surface area contributed by atoms with Gasteiger partial charge in [0.15, 0.2) is 0 Å². The summed E-state index contributed by atoms with van der Waals surface area (Å²) in [5, 5.41) is 12.2. The van der Waals surface area contributed by atoms with Gasteiger partial charge < -0.3 is 10.0 Å². The minimum absolute atomic E-state index is 0.0198. The Kier molecular flexibility index (Phi) is 4.79. The van der Waals surface area contributed by atoms with Gasteiger partial charge in [-0.2, -0.15) is 0 Å². The van der Waals surface area contributed by atoms with E-state index in [0.29, 0.717) is 25.9 Å². The van der Waals surface area contributed by atoms with Crippen LogP contribution < -0.4 is 4.90 Å². The molecule has 1 amide bonds. The van der Waals surface area contributed by atoms with Crippen LogP contribution in [0.15, 0.2) is 29.4 Å². The molecule has 1 saturated heterocycles. The summed E-state index contributed by atoms with van der Waals surface area (Å²) in [5.74, 6) is -0.749. The van der Waals surface area contributed by atoms with Gasteiger partial charge in [-0.1, -0.05) is 17.2 Å². The van der Waals surface area contributed by atoms with E-state index in [1.54, 1.807) is 4.90 Å². The van der Waals surface area contributed by atoms with Crippen LogP contribution in [0.5, 0.6) is 0 Å². The first kappa shape index (κ1) is 14.9. The highest BCUT2D eigenvalue weighted by Crippen LogP contribution is 2.25. The number of benzene rings is 1. The van der Waals surface area contributed by atoms with Crippen LogP contribution in [0.25, 0.3) is 10.4 Å². The van der Waals surface area contributed by atoms with Crippen molar-refractivity contribution >= 4 is 17.6 Å². The number of carboxylic acid groups (broad SMARTS) is 1. The van der Waals surface area contributed by atoms with E-state index in [1.807, 2.05) is 24.3 Å². The van der Waals surface area contributed by atoms with E-state index in [2.05, 4.69) is 10.0 Å². The third-order valence-electron chi connectivity index (χ3n) is 3.48. The lowest BCUT2D eigenvalue weighted by Gasteiger charge is -2.16. The minimum atomic E-state index is -0.824. The number of amides is 1. The molecule has 21 heavy (non-hydrogen) atoms. The number of carbonyl (C=O) groups is 2. The monoisotopic (exact) mass is 288 g/mol. The van der Waals surface area contributed by atoms with Crippen LogP contribution in [-0.4, -0.2) is 30.1 Å². The van der Waals surface area contributed by atoms with Crippen molar-refractivity contribution in [1.29, 1.82) is 0 Å². The Balaban J connectivity index is 2.00. The average molecular weight is 288 g/mol. The largest absolute Gasteiger partial charge is 0.481 e. The zero-order chi connectivity index (χ0) is 15.2. The molecule has 1 aromatic carbocycles. The molecule has 110 valence electrons. The Morgan fingerprint density at radius 3 is 2.76 bits per heavy atom. The maximum atomic E-state index is 12.0. The summed E-state index contributed by atoms with van der Waals surface area (Å²) in [6.07, 6.45) is 0.957. The molecule has 1 unspecified atom stereocenters. The second kappa shape index (κ2) is 6.76. The first-order valence-corrected chi connectivity index (χ1v) is 6.72. The summed E-state index contributed by atoms with van der Waals surface area (Å²) in [4.78, 5) is 26.9. The number of nitrogens with zero attached hydrogens (tertiary/aromatic N) is 4. The van der Waals surface area contributed by atoms with Gasteiger partial charge in [-0.3, -0.25) is 9.59 Å². The summed E-state index contributed by atoms with van der Waals surface area (Å²) in [5.41, 5.74) is 10.0. The first-order valence-electron chi connectivity index (χ1n) is 6.72. The molecule has 0 saturated carbocycles. The lowest BCUT2D eigenvalue weighted by Crippen LogP contribution is -2.24. The van der Waals surface area contributed by atoms with Crippen LogP contribution in [0.4, 0.5) is 5.69 Å². The Labute approximate surface area is 121 Å². The topological polar surface area (TPSA) is 106 Å². The van der Waals surface area contributed by atoms with Crippen LogP contribution in [0.3, 0.4) is 0 Å². The first-order chi connectivity index (χ1) is 10.1. The molecule has 7 nitrogen and oxygen atoms in total. The molecule has 1 aliphatic rings. The average Bonchev–Trinajstić information content (AvgIpc) is 2.84. The fraction of sp³-hybridized carbons (Fsp3) is 0.429. The number of aliphatic carboxylic acids is 1. The maximum absolute atomic E-state index is 12.0. The van der Waals surface area contributed by atoms with Gasteiger partial charge >= 0.3 is 5.97 Å². The SMILES string of the molecule is [N-]=[N+]=NCC1CC(=O)N(c2ccc(CCC(=O)O)cc2)C1. The molecular formula is C14H16N4O3. The highest BCUT2D eigenvalue weighted by atomic mass is 16.4. The van der Waals surface area contributed by atoms with E-state index < -0.39 is 5.97 Å². The van der Waals surface area contributed by atoms with Gasteiger partial charge in [-0.15, -0.1) is 0 Å². The molecule has 0 spiro atoms. The van der Waals surface area contributed by atoms with Gasteiger partial charge in [0.25, 0.3) is 0 Å². The summed E-state index contributed by atoms with van der Waals surface area (Å²) >= 11 is 0. The third kappa shape index (κ3) is 3.97. The van der Waals surface area contributed by atoms with Crippen LogP contribution in [0, 0.1) is 5.92 Å². The van der Waals surface area contributed by atoms with E-state index in [1.165, 1.54) is 0 Å². The fourth-order valence-electron chi connectivity index (χ4n) is 2.40. The van der Waals surface area contributed by atoms with Crippen molar-refractivity contribution in [2.75, 3.05) is 18.0 Å². The van der Waals surface area contributed by atoms with Crippen molar-refractivity contribution in [1.82, 2.24) is 0 Å². The lowest BCUT2D eigenvalue weighted by molar-refractivity contribution is -0.137. The summed E-state index contributed by atoms with van der Waals surface area (Å²) in [7, 11) is 0. The molecular weight excluding hydrogens is 272 g/mol. The standard InChI is InChI=1S/C14H16N4O3/c15-17-16-8-11-7-13(19)18(9-11)12-4-1-10(2-5-12)3-6-14(20)21/h1-2,4-5,11H,3,6-9H2,(H,20,21). The molecule has 0 bridgehead atoms. The molecule has 1 heterocycles. The molecule has 1 atom stereocenters. The van der Waals surface area contributed by atoms with Gasteiger partial charge in [0.2, 0.25) is 5.91 Å². The smallest absolute Gasteiger partial charge is 0.303 e. The second-order valence-electron chi connectivity index (χ2n) is 5.05. The van der Waals surface area contributed by atoms with E-state index in [4.69, 9.17) is 10.6 Å². The number of carbonyl (C=O) groups excluding carboxylic acids is 1. The van der Waals surface area contributed by atoms with Crippen molar-refractivity contribution in [2.45, 2.75) is 19.3 Å². The molecule has 0 radical (unpaired) electrons. The van der Waals surface area contributed by atoms with Crippen LogP contribution >= 0.6 is 0 Å². The number of carboxylic acids is 1. The Morgan fingerprint density at radius 1 is 1.43 bits per heavy atom. The van der Waals surface area contributed by atoms with E-state index in [0.717, 1.165) is 11.3 Å². The third-order valence-corrected chi connectivity index (χ3v) is 3.48. The van der Waals surface area contributed by atoms with Gasteiger partial charge in [0.05, 0.1) is 0 Å². The van der Waals surface area contributed by atoms with E-state index >= 15 is 0 Å². The van der Waals surface area contributed by atoms with E-state index in [-0.39, 0.29) is 18.2 Å². The summed E-state index contributed by atoms with van der Waals surface area (Å²) in [6.45, 7) is 0.877. The van der Waals surface area contributed by atoms with Crippen LogP contribution in [0.2, 0.25) is 0 Å². The van der Waals surface area contributed by atoms with Gasteiger partial charge in [-0.05, 0) is 35.6 Å².